The smallest absolute Gasteiger partial charge is 0.353 e. The number of carbonyl (C=O) groups excluding carboxylic acids is 1. The molecule has 6 nitrogen and oxygen atoms in total. The van der Waals surface area contributed by atoms with Crippen LogP contribution in [-0.4, -0.2) is 51.5 Å². The Kier molecular flexibility index (Phi) is 4.16. The third-order valence-electron chi connectivity index (χ3n) is 4.00. The Morgan fingerprint density at radius 2 is 1.83 bits per heavy atom. The van der Waals surface area contributed by atoms with Gasteiger partial charge in [-0.2, -0.15) is 13.2 Å². The Hall–Kier alpha value is -2.58. The Balaban J connectivity index is 1.63. The number of hydrogen-bond donors (Lipinski definition) is 0. The molecule has 0 radical (unpaired) electrons. The summed E-state index contributed by atoms with van der Waals surface area (Å²) in [4.78, 5) is 23.8. The summed E-state index contributed by atoms with van der Waals surface area (Å²) in [5.41, 5.74) is -0.257. The molecule has 0 N–H and O–H groups in total. The molecule has 3 rings (SSSR count). The highest BCUT2D eigenvalue weighted by Gasteiger charge is 2.31. The lowest BCUT2D eigenvalue weighted by Crippen LogP contribution is -2.49. The quantitative estimate of drug-likeness (QED) is 0.837. The van der Waals surface area contributed by atoms with Crippen LogP contribution in [-0.2, 0) is 13.2 Å². The lowest BCUT2D eigenvalue weighted by Gasteiger charge is -2.35. The lowest BCUT2D eigenvalue weighted by atomic mass is 10.2. The summed E-state index contributed by atoms with van der Waals surface area (Å²) in [6, 6.07) is 2.39. The molecular formula is C15H16F3N5O. The fraction of sp³-hybridized carbons (Fsp3) is 0.400. The SMILES string of the molecule is Cn1cncc1C(=O)N1CCN(c2ccc(C(F)(F)F)cn2)CC1. The van der Waals surface area contributed by atoms with Gasteiger partial charge in [0.1, 0.15) is 11.5 Å². The van der Waals surface area contributed by atoms with Crippen LogP contribution in [0.2, 0.25) is 0 Å². The molecule has 0 aliphatic carbocycles. The Morgan fingerprint density at radius 1 is 1.12 bits per heavy atom. The van der Waals surface area contributed by atoms with Gasteiger partial charge in [0.2, 0.25) is 0 Å². The molecule has 0 bridgehead atoms. The standard InChI is InChI=1S/C15H16F3N5O/c1-21-10-19-9-12(21)14(24)23-6-4-22(5-7-23)13-3-2-11(8-20-13)15(16,17)18/h2-3,8-10H,4-7H2,1H3. The zero-order valence-electron chi connectivity index (χ0n) is 13.0. The molecule has 1 saturated heterocycles. The van der Waals surface area contributed by atoms with Crippen LogP contribution in [0.3, 0.4) is 0 Å². The van der Waals surface area contributed by atoms with Crippen LogP contribution in [0.5, 0.6) is 0 Å². The maximum absolute atomic E-state index is 12.6. The maximum atomic E-state index is 12.6. The number of hydrogen-bond acceptors (Lipinski definition) is 4. The van der Waals surface area contributed by atoms with E-state index in [1.165, 1.54) is 12.3 Å². The first-order valence-electron chi connectivity index (χ1n) is 7.40. The summed E-state index contributed by atoms with van der Waals surface area (Å²) < 4.78 is 39.4. The van der Waals surface area contributed by atoms with E-state index in [1.807, 2.05) is 4.90 Å². The molecular weight excluding hydrogens is 323 g/mol. The number of aryl methyl sites for hydroxylation is 1. The summed E-state index contributed by atoms with van der Waals surface area (Å²) in [5, 5.41) is 0. The van der Waals surface area contributed by atoms with Gasteiger partial charge >= 0.3 is 6.18 Å². The van der Waals surface area contributed by atoms with Crippen molar-refractivity contribution in [3.63, 3.8) is 0 Å². The molecule has 0 aromatic carbocycles. The van der Waals surface area contributed by atoms with E-state index in [9.17, 15) is 18.0 Å². The van der Waals surface area contributed by atoms with Gasteiger partial charge in [-0.15, -0.1) is 0 Å². The van der Waals surface area contributed by atoms with Gasteiger partial charge in [-0.25, -0.2) is 9.97 Å². The minimum absolute atomic E-state index is 0.102. The molecule has 9 heteroatoms. The molecule has 0 spiro atoms. The maximum Gasteiger partial charge on any atom is 0.417 e. The third-order valence-corrected chi connectivity index (χ3v) is 4.00. The second kappa shape index (κ2) is 6.14. The van der Waals surface area contributed by atoms with Crippen molar-refractivity contribution in [2.75, 3.05) is 31.1 Å². The van der Waals surface area contributed by atoms with Crippen LogP contribution in [0.15, 0.2) is 30.9 Å². The number of carbonyl (C=O) groups is 1. The van der Waals surface area contributed by atoms with Gasteiger partial charge in [0.25, 0.3) is 5.91 Å². The fourth-order valence-corrected chi connectivity index (χ4v) is 2.60. The average Bonchev–Trinajstić information content (AvgIpc) is 3.00. The van der Waals surface area contributed by atoms with E-state index in [-0.39, 0.29) is 5.91 Å². The van der Waals surface area contributed by atoms with Gasteiger partial charge in [-0.3, -0.25) is 4.79 Å². The Bertz CT molecular complexity index is 717. The van der Waals surface area contributed by atoms with E-state index in [0.717, 1.165) is 12.3 Å². The predicted molar refractivity (Wildman–Crippen MR) is 80.6 cm³/mol. The zero-order chi connectivity index (χ0) is 17.3. The number of rotatable bonds is 2. The van der Waals surface area contributed by atoms with Crippen molar-refractivity contribution in [2.24, 2.45) is 7.05 Å². The van der Waals surface area contributed by atoms with Crippen LogP contribution in [0.1, 0.15) is 16.1 Å². The highest BCUT2D eigenvalue weighted by molar-refractivity contribution is 5.92. The van der Waals surface area contributed by atoms with Crippen molar-refractivity contribution < 1.29 is 18.0 Å². The van der Waals surface area contributed by atoms with E-state index < -0.39 is 11.7 Å². The van der Waals surface area contributed by atoms with Crippen LogP contribution >= 0.6 is 0 Å². The fourth-order valence-electron chi connectivity index (χ4n) is 2.60. The van der Waals surface area contributed by atoms with Gasteiger partial charge in [-0.1, -0.05) is 0 Å². The molecule has 1 aliphatic heterocycles. The molecule has 128 valence electrons. The molecule has 1 amide bonds. The van der Waals surface area contributed by atoms with Gasteiger partial charge in [0, 0.05) is 39.4 Å². The normalized spacial score (nSPS) is 15.7. The molecule has 1 fully saturated rings. The van der Waals surface area contributed by atoms with Crippen molar-refractivity contribution >= 4 is 11.7 Å². The third kappa shape index (κ3) is 3.19. The van der Waals surface area contributed by atoms with Crippen molar-refractivity contribution in [3.05, 3.63) is 42.1 Å². The number of aromatic nitrogens is 3. The second-order valence-corrected chi connectivity index (χ2v) is 5.57. The zero-order valence-corrected chi connectivity index (χ0v) is 13.0. The number of halogens is 3. The van der Waals surface area contributed by atoms with Gasteiger partial charge < -0.3 is 14.4 Å². The number of amides is 1. The van der Waals surface area contributed by atoms with Crippen LogP contribution in [0, 0.1) is 0 Å². The van der Waals surface area contributed by atoms with E-state index >= 15 is 0 Å². The van der Waals surface area contributed by atoms with Crippen LogP contribution in [0.25, 0.3) is 0 Å². The van der Waals surface area contributed by atoms with E-state index in [0.29, 0.717) is 37.7 Å². The first-order chi connectivity index (χ1) is 11.4. The number of nitrogens with zero attached hydrogens (tertiary/aromatic N) is 5. The van der Waals surface area contributed by atoms with Crippen molar-refractivity contribution in [1.82, 2.24) is 19.4 Å². The van der Waals surface area contributed by atoms with E-state index in [4.69, 9.17) is 0 Å². The number of alkyl halides is 3. The minimum Gasteiger partial charge on any atom is -0.353 e. The summed E-state index contributed by atoms with van der Waals surface area (Å²) in [6.07, 6.45) is -0.468. The number of anilines is 1. The van der Waals surface area contributed by atoms with Crippen molar-refractivity contribution in [3.8, 4) is 0 Å². The topological polar surface area (TPSA) is 54.3 Å². The highest BCUT2D eigenvalue weighted by atomic mass is 19.4. The predicted octanol–water partition coefficient (Wildman–Crippen LogP) is 1.80. The average molecular weight is 339 g/mol. The molecule has 2 aromatic rings. The summed E-state index contributed by atoms with van der Waals surface area (Å²) in [5.74, 6) is 0.380. The van der Waals surface area contributed by atoms with Crippen molar-refractivity contribution in [1.29, 1.82) is 0 Å². The van der Waals surface area contributed by atoms with E-state index in [2.05, 4.69) is 9.97 Å². The van der Waals surface area contributed by atoms with Crippen molar-refractivity contribution in [2.45, 2.75) is 6.18 Å². The summed E-state index contributed by atoms with van der Waals surface area (Å²) in [6.45, 7) is 1.99. The van der Waals surface area contributed by atoms with Gasteiger partial charge in [0.05, 0.1) is 18.1 Å². The number of piperazine rings is 1. The number of pyridine rings is 1. The Labute approximate surface area is 136 Å². The Morgan fingerprint density at radius 3 is 2.33 bits per heavy atom. The molecule has 2 aromatic heterocycles. The molecule has 0 saturated carbocycles. The van der Waals surface area contributed by atoms with Gasteiger partial charge in [-0.05, 0) is 12.1 Å². The monoisotopic (exact) mass is 339 g/mol. The lowest BCUT2D eigenvalue weighted by molar-refractivity contribution is -0.137. The molecule has 0 unspecified atom stereocenters. The van der Waals surface area contributed by atoms with E-state index in [1.54, 1.807) is 22.8 Å². The molecule has 3 heterocycles. The first-order valence-corrected chi connectivity index (χ1v) is 7.40. The van der Waals surface area contributed by atoms with Crippen LogP contribution in [0.4, 0.5) is 19.0 Å². The molecule has 24 heavy (non-hydrogen) atoms. The minimum atomic E-state index is -4.39. The molecule has 1 aliphatic rings. The largest absolute Gasteiger partial charge is 0.417 e. The number of imidazole rings is 1. The summed E-state index contributed by atoms with van der Waals surface area (Å²) in [7, 11) is 1.75. The molecule has 0 atom stereocenters. The van der Waals surface area contributed by atoms with Crippen LogP contribution < -0.4 is 4.90 Å². The first kappa shape index (κ1) is 16.3. The second-order valence-electron chi connectivity index (χ2n) is 5.57. The highest BCUT2D eigenvalue weighted by Crippen LogP contribution is 2.29. The van der Waals surface area contributed by atoms with Gasteiger partial charge in [0.15, 0.2) is 0 Å². The summed E-state index contributed by atoms with van der Waals surface area (Å²) >= 11 is 0.